The van der Waals surface area contributed by atoms with Gasteiger partial charge in [0.05, 0.1) is 12.2 Å². The highest BCUT2D eigenvalue weighted by Crippen LogP contribution is 2.22. The van der Waals surface area contributed by atoms with Gasteiger partial charge in [0.2, 0.25) is 0 Å². The van der Waals surface area contributed by atoms with Gasteiger partial charge in [-0.3, -0.25) is 0 Å². The SMILES string of the molecule is CNC(CCC1CCCO1)C1CCCCO1. The van der Waals surface area contributed by atoms with E-state index in [9.17, 15) is 0 Å². The highest BCUT2D eigenvalue weighted by atomic mass is 16.5. The van der Waals surface area contributed by atoms with E-state index >= 15 is 0 Å². The molecule has 0 aromatic heterocycles. The fourth-order valence-electron chi connectivity index (χ4n) is 2.84. The maximum atomic E-state index is 5.84. The Kier molecular flexibility index (Phi) is 5.07. The summed E-state index contributed by atoms with van der Waals surface area (Å²) in [6, 6.07) is 0.518. The number of likely N-dealkylation sites (N-methyl/N-ethyl adjacent to an activating group) is 1. The molecule has 3 heteroatoms. The molecule has 16 heavy (non-hydrogen) atoms. The Bertz CT molecular complexity index is 186. The van der Waals surface area contributed by atoms with Crippen molar-refractivity contribution in [3.05, 3.63) is 0 Å². The maximum absolute atomic E-state index is 5.84. The molecular weight excluding hydrogens is 202 g/mol. The molecule has 0 bridgehead atoms. The molecule has 94 valence electrons. The van der Waals surface area contributed by atoms with Gasteiger partial charge in [-0.15, -0.1) is 0 Å². The van der Waals surface area contributed by atoms with Crippen molar-refractivity contribution in [2.24, 2.45) is 0 Å². The third-order valence-corrected chi connectivity index (χ3v) is 3.86. The second-order valence-electron chi connectivity index (χ2n) is 5.01. The second kappa shape index (κ2) is 6.58. The molecule has 3 unspecified atom stereocenters. The summed E-state index contributed by atoms with van der Waals surface area (Å²) in [5.74, 6) is 0. The molecule has 1 N–H and O–H groups in total. The van der Waals surface area contributed by atoms with Crippen molar-refractivity contribution in [1.29, 1.82) is 0 Å². The fourth-order valence-corrected chi connectivity index (χ4v) is 2.84. The van der Waals surface area contributed by atoms with Crippen LogP contribution in [0.1, 0.15) is 44.9 Å². The van der Waals surface area contributed by atoms with Gasteiger partial charge in [0, 0.05) is 19.3 Å². The van der Waals surface area contributed by atoms with E-state index in [2.05, 4.69) is 12.4 Å². The summed E-state index contributed by atoms with van der Waals surface area (Å²) >= 11 is 0. The van der Waals surface area contributed by atoms with Crippen LogP contribution in [0.2, 0.25) is 0 Å². The van der Waals surface area contributed by atoms with Gasteiger partial charge in [-0.05, 0) is 52.0 Å². The van der Waals surface area contributed by atoms with Gasteiger partial charge >= 0.3 is 0 Å². The lowest BCUT2D eigenvalue weighted by molar-refractivity contribution is -0.0112. The van der Waals surface area contributed by atoms with Gasteiger partial charge in [-0.1, -0.05) is 0 Å². The summed E-state index contributed by atoms with van der Waals surface area (Å²) in [5.41, 5.74) is 0. The number of ether oxygens (including phenoxy) is 2. The predicted octanol–water partition coefficient (Wildman–Crippen LogP) is 2.10. The summed E-state index contributed by atoms with van der Waals surface area (Å²) < 4.78 is 11.5. The van der Waals surface area contributed by atoms with Crippen molar-refractivity contribution >= 4 is 0 Å². The van der Waals surface area contributed by atoms with E-state index in [0.717, 1.165) is 13.2 Å². The lowest BCUT2D eigenvalue weighted by atomic mass is 9.96. The van der Waals surface area contributed by atoms with E-state index in [-0.39, 0.29) is 0 Å². The lowest BCUT2D eigenvalue weighted by Crippen LogP contribution is -2.41. The molecule has 0 aliphatic carbocycles. The monoisotopic (exact) mass is 227 g/mol. The number of hydrogen-bond acceptors (Lipinski definition) is 3. The Hall–Kier alpha value is -0.120. The summed E-state index contributed by atoms with van der Waals surface area (Å²) in [4.78, 5) is 0. The highest BCUT2D eigenvalue weighted by Gasteiger charge is 2.25. The predicted molar refractivity (Wildman–Crippen MR) is 64.6 cm³/mol. The van der Waals surface area contributed by atoms with Crippen LogP contribution in [0.3, 0.4) is 0 Å². The molecule has 2 heterocycles. The summed E-state index contributed by atoms with van der Waals surface area (Å²) in [6.07, 6.45) is 9.59. The van der Waals surface area contributed by atoms with Crippen LogP contribution < -0.4 is 5.32 Å². The molecule has 0 saturated carbocycles. The van der Waals surface area contributed by atoms with Crippen LogP contribution in [0.25, 0.3) is 0 Å². The zero-order valence-electron chi connectivity index (χ0n) is 10.4. The molecule has 0 amide bonds. The quantitative estimate of drug-likeness (QED) is 0.780. The molecule has 2 saturated heterocycles. The Morgan fingerprint density at radius 2 is 2.00 bits per heavy atom. The first-order chi connectivity index (χ1) is 7.90. The molecule has 0 aromatic carbocycles. The van der Waals surface area contributed by atoms with Gasteiger partial charge in [0.15, 0.2) is 0 Å². The van der Waals surface area contributed by atoms with Crippen molar-refractivity contribution in [1.82, 2.24) is 5.32 Å². The van der Waals surface area contributed by atoms with Crippen molar-refractivity contribution in [2.75, 3.05) is 20.3 Å². The van der Waals surface area contributed by atoms with E-state index in [1.54, 1.807) is 0 Å². The molecular formula is C13H25NO2. The Morgan fingerprint density at radius 1 is 1.12 bits per heavy atom. The van der Waals surface area contributed by atoms with Crippen LogP contribution in [0, 0.1) is 0 Å². The second-order valence-corrected chi connectivity index (χ2v) is 5.01. The smallest absolute Gasteiger partial charge is 0.0727 e. The highest BCUT2D eigenvalue weighted by molar-refractivity contribution is 4.80. The minimum Gasteiger partial charge on any atom is -0.378 e. The zero-order valence-corrected chi connectivity index (χ0v) is 10.4. The number of rotatable bonds is 5. The average molecular weight is 227 g/mol. The maximum Gasteiger partial charge on any atom is 0.0727 e. The van der Waals surface area contributed by atoms with Crippen molar-refractivity contribution in [3.63, 3.8) is 0 Å². The van der Waals surface area contributed by atoms with Crippen LogP contribution in [0.15, 0.2) is 0 Å². The standard InChI is InChI=1S/C13H25NO2/c1-14-12(13-6-2-3-9-16-13)8-7-11-5-4-10-15-11/h11-14H,2-10H2,1H3. The lowest BCUT2D eigenvalue weighted by Gasteiger charge is -2.30. The van der Waals surface area contributed by atoms with Crippen LogP contribution in [-0.4, -0.2) is 38.5 Å². The van der Waals surface area contributed by atoms with E-state index in [4.69, 9.17) is 9.47 Å². The molecule has 2 aliphatic heterocycles. The van der Waals surface area contributed by atoms with Crippen LogP contribution in [0.4, 0.5) is 0 Å². The normalized spacial score (nSPS) is 32.8. The molecule has 2 fully saturated rings. The van der Waals surface area contributed by atoms with E-state index in [0.29, 0.717) is 18.2 Å². The minimum absolute atomic E-state index is 0.431. The molecule has 0 aromatic rings. The molecule has 0 spiro atoms. The molecule has 2 rings (SSSR count). The van der Waals surface area contributed by atoms with Gasteiger partial charge < -0.3 is 14.8 Å². The topological polar surface area (TPSA) is 30.5 Å². The van der Waals surface area contributed by atoms with Crippen molar-refractivity contribution < 1.29 is 9.47 Å². The first kappa shape index (κ1) is 12.3. The first-order valence-corrected chi connectivity index (χ1v) is 6.80. The van der Waals surface area contributed by atoms with Crippen molar-refractivity contribution in [3.8, 4) is 0 Å². The Balaban J connectivity index is 1.70. The van der Waals surface area contributed by atoms with E-state index in [1.165, 1.54) is 44.9 Å². The molecule has 3 nitrogen and oxygen atoms in total. The van der Waals surface area contributed by atoms with Gasteiger partial charge in [-0.2, -0.15) is 0 Å². The number of hydrogen-bond donors (Lipinski definition) is 1. The van der Waals surface area contributed by atoms with E-state index in [1.807, 2.05) is 0 Å². The largest absolute Gasteiger partial charge is 0.378 e. The van der Waals surface area contributed by atoms with Crippen LogP contribution >= 0.6 is 0 Å². The third-order valence-electron chi connectivity index (χ3n) is 3.86. The molecule has 2 aliphatic rings. The first-order valence-electron chi connectivity index (χ1n) is 6.80. The Morgan fingerprint density at radius 3 is 2.62 bits per heavy atom. The van der Waals surface area contributed by atoms with Crippen LogP contribution in [-0.2, 0) is 9.47 Å². The number of nitrogens with one attached hydrogen (secondary N) is 1. The fraction of sp³-hybridized carbons (Fsp3) is 1.00. The summed E-state index contributed by atoms with van der Waals surface area (Å²) in [7, 11) is 2.05. The van der Waals surface area contributed by atoms with Gasteiger partial charge in [-0.25, -0.2) is 0 Å². The summed E-state index contributed by atoms with van der Waals surface area (Å²) in [6.45, 7) is 1.91. The van der Waals surface area contributed by atoms with Gasteiger partial charge in [0.25, 0.3) is 0 Å². The molecule has 3 atom stereocenters. The summed E-state index contributed by atoms with van der Waals surface area (Å²) in [5, 5.41) is 3.42. The average Bonchev–Trinajstić information content (AvgIpc) is 2.84. The van der Waals surface area contributed by atoms with E-state index < -0.39 is 0 Å². The third kappa shape index (κ3) is 3.44. The zero-order chi connectivity index (χ0) is 11.2. The van der Waals surface area contributed by atoms with Gasteiger partial charge in [0.1, 0.15) is 0 Å². The Labute approximate surface area is 98.9 Å². The minimum atomic E-state index is 0.431. The van der Waals surface area contributed by atoms with Crippen molar-refractivity contribution in [2.45, 2.75) is 63.2 Å². The van der Waals surface area contributed by atoms with Crippen LogP contribution in [0.5, 0.6) is 0 Å². The molecule has 0 radical (unpaired) electrons.